The summed E-state index contributed by atoms with van der Waals surface area (Å²) < 4.78 is 64.3. The Labute approximate surface area is 177 Å². The molecule has 0 N–H and O–H groups in total. The summed E-state index contributed by atoms with van der Waals surface area (Å²) in [4.78, 5) is 14.3. The average molecular weight is 450 g/mol. The minimum Gasteiger partial charge on any atom is -0.451 e. The standard InChI is InChI=1S/C21H20F2N2O5S/c1-29-13-16-15-4-2-3-5-19(15)30-20(16)21(26)24-8-10-25(11-9-24)31(27,28)14-6-7-17(22)18(23)12-14/h2-7,12H,8-11,13H2,1H3. The van der Waals surface area contributed by atoms with Crippen molar-refractivity contribution >= 4 is 26.9 Å². The molecule has 0 atom stereocenters. The van der Waals surface area contributed by atoms with Crippen molar-refractivity contribution in [3.8, 4) is 0 Å². The molecule has 0 aliphatic carbocycles. The van der Waals surface area contributed by atoms with Gasteiger partial charge in [-0.15, -0.1) is 0 Å². The number of hydrogen-bond donors (Lipinski definition) is 0. The SMILES string of the molecule is COCc1c(C(=O)N2CCN(S(=O)(=O)c3ccc(F)c(F)c3)CC2)oc2ccccc12. The molecule has 10 heteroatoms. The fourth-order valence-corrected chi connectivity index (χ4v) is 5.06. The number of piperazine rings is 1. The van der Waals surface area contributed by atoms with Gasteiger partial charge >= 0.3 is 0 Å². The molecule has 0 saturated carbocycles. The Hall–Kier alpha value is -2.82. The molecule has 2 aromatic carbocycles. The summed E-state index contributed by atoms with van der Waals surface area (Å²) >= 11 is 0. The molecule has 1 amide bonds. The van der Waals surface area contributed by atoms with Gasteiger partial charge in [0, 0.05) is 44.2 Å². The van der Waals surface area contributed by atoms with Gasteiger partial charge in [-0.05, 0) is 24.3 Å². The van der Waals surface area contributed by atoms with Crippen LogP contribution in [0, 0.1) is 11.6 Å². The van der Waals surface area contributed by atoms with E-state index in [0.29, 0.717) is 17.2 Å². The molecule has 4 rings (SSSR count). The van der Waals surface area contributed by atoms with Crippen LogP contribution in [-0.4, -0.2) is 56.8 Å². The summed E-state index contributed by atoms with van der Waals surface area (Å²) in [7, 11) is -2.48. The molecule has 164 valence electrons. The highest BCUT2D eigenvalue weighted by Crippen LogP contribution is 2.28. The maximum Gasteiger partial charge on any atom is 0.290 e. The van der Waals surface area contributed by atoms with Crippen molar-refractivity contribution < 1.29 is 31.1 Å². The number of ether oxygens (including phenoxy) is 1. The first-order valence-corrected chi connectivity index (χ1v) is 11.0. The second kappa shape index (κ2) is 8.37. The third kappa shape index (κ3) is 3.93. The molecule has 1 aliphatic rings. The van der Waals surface area contributed by atoms with E-state index in [0.717, 1.165) is 21.8 Å². The Bertz CT molecular complexity index is 1230. The molecule has 1 aliphatic heterocycles. The van der Waals surface area contributed by atoms with E-state index in [9.17, 15) is 22.0 Å². The Balaban J connectivity index is 1.52. The van der Waals surface area contributed by atoms with Crippen molar-refractivity contribution in [2.45, 2.75) is 11.5 Å². The summed E-state index contributed by atoms with van der Waals surface area (Å²) in [6.07, 6.45) is 0. The van der Waals surface area contributed by atoms with Gasteiger partial charge in [0.2, 0.25) is 10.0 Å². The number of rotatable bonds is 5. The highest BCUT2D eigenvalue weighted by atomic mass is 32.2. The second-order valence-corrected chi connectivity index (χ2v) is 9.05. The molecule has 1 saturated heterocycles. The van der Waals surface area contributed by atoms with Crippen LogP contribution in [-0.2, 0) is 21.4 Å². The maximum atomic E-state index is 13.5. The van der Waals surface area contributed by atoms with E-state index in [-0.39, 0.29) is 49.3 Å². The molecule has 0 spiro atoms. The van der Waals surface area contributed by atoms with Gasteiger partial charge in [-0.3, -0.25) is 4.79 Å². The molecule has 3 aromatic rings. The van der Waals surface area contributed by atoms with Crippen molar-refractivity contribution in [1.29, 1.82) is 0 Å². The number of halogens is 2. The molecule has 0 bridgehead atoms. The number of methoxy groups -OCH3 is 1. The third-order valence-corrected chi connectivity index (χ3v) is 7.13. The van der Waals surface area contributed by atoms with Crippen LogP contribution < -0.4 is 0 Å². The van der Waals surface area contributed by atoms with Crippen molar-refractivity contribution in [2.75, 3.05) is 33.3 Å². The number of nitrogens with zero attached hydrogens (tertiary/aromatic N) is 2. The van der Waals surface area contributed by atoms with Crippen LogP contribution in [0.15, 0.2) is 51.8 Å². The molecular formula is C21H20F2N2O5S. The first kappa shape index (κ1) is 21.4. The first-order valence-electron chi connectivity index (χ1n) is 9.56. The lowest BCUT2D eigenvalue weighted by Gasteiger charge is -2.33. The average Bonchev–Trinajstić information content (AvgIpc) is 3.14. The zero-order valence-electron chi connectivity index (χ0n) is 16.7. The third-order valence-electron chi connectivity index (χ3n) is 5.24. The number of fused-ring (bicyclic) bond motifs is 1. The van der Waals surface area contributed by atoms with Crippen LogP contribution >= 0.6 is 0 Å². The fourth-order valence-electron chi connectivity index (χ4n) is 3.62. The van der Waals surface area contributed by atoms with Crippen molar-refractivity contribution in [3.63, 3.8) is 0 Å². The van der Waals surface area contributed by atoms with Crippen molar-refractivity contribution in [3.05, 3.63) is 65.4 Å². The Kier molecular flexibility index (Phi) is 5.78. The Morgan fingerprint density at radius 1 is 1.06 bits per heavy atom. The van der Waals surface area contributed by atoms with E-state index in [1.807, 2.05) is 12.1 Å². The van der Waals surface area contributed by atoms with Crippen molar-refractivity contribution in [2.24, 2.45) is 0 Å². The molecule has 31 heavy (non-hydrogen) atoms. The number of para-hydroxylation sites is 1. The Morgan fingerprint density at radius 2 is 1.77 bits per heavy atom. The van der Waals surface area contributed by atoms with Gasteiger partial charge in [0.15, 0.2) is 17.4 Å². The van der Waals surface area contributed by atoms with Crippen molar-refractivity contribution in [1.82, 2.24) is 9.21 Å². The lowest BCUT2D eigenvalue weighted by Crippen LogP contribution is -2.50. The van der Waals surface area contributed by atoms with Gasteiger partial charge in [0.05, 0.1) is 11.5 Å². The monoisotopic (exact) mass is 450 g/mol. The van der Waals surface area contributed by atoms with Gasteiger partial charge < -0.3 is 14.1 Å². The number of carbonyl (C=O) groups excluding carboxylic acids is 1. The number of sulfonamides is 1. The maximum absolute atomic E-state index is 13.5. The van der Waals surface area contributed by atoms with Crippen LogP contribution in [0.25, 0.3) is 11.0 Å². The quantitative estimate of drug-likeness (QED) is 0.597. The molecule has 1 aromatic heterocycles. The topological polar surface area (TPSA) is 80.1 Å². The lowest BCUT2D eigenvalue weighted by atomic mass is 10.1. The van der Waals surface area contributed by atoms with Gasteiger partial charge in [0.25, 0.3) is 5.91 Å². The molecule has 7 nitrogen and oxygen atoms in total. The normalized spacial score (nSPS) is 15.5. The van der Waals surface area contributed by atoms with Gasteiger partial charge in [0.1, 0.15) is 5.58 Å². The fraction of sp³-hybridized carbons (Fsp3) is 0.286. The zero-order chi connectivity index (χ0) is 22.2. The number of furan rings is 1. The van der Waals surface area contributed by atoms with Gasteiger partial charge in [-0.25, -0.2) is 17.2 Å². The summed E-state index contributed by atoms with van der Waals surface area (Å²) in [6, 6.07) is 9.71. The van der Waals surface area contributed by atoms with Crippen LogP contribution in [0.1, 0.15) is 16.1 Å². The Morgan fingerprint density at radius 3 is 2.45 bits per heavy atom. The number of hydrogen-bond acceptors (Lipinski definition) is 5. The molecule has 2 heterocycles. The number of carbonyl (C=O) groups is 1. The zero-order valence-corrected chi connectivity index (χ0v) is 17.5. The summed E-state index contributed by atoms with van der Waals surface area (Å²) in [6.45, 7) is 0.499. The van der Waals surface area contributed by atoms with E-state index in [2.05, 4.69) is 0 Å². The highest BCUT2D eigenvalue weighted by molar-refractivity contribution is 7.89. The highest BCUT2D eigenvalue weighted by Gasteiger charge is 2.33. The summed E-state index contributed by atoms with van der Waals surface area (Å²) in [5.74, 6) is -2.54. The minimum absolute atomic E-state index is 0.0207. The first-order chi connectivity index (χ1) is 14.8. The van der Waals surface area contributed by atoms with E-state index < -0.39 is 21.7 Å². The van der Waals surface area contributed by atoms with E-state index in [1.54, 1.807) is 12.1 Å². The smallest absolute Gasteiger partial charge is 0.290 e. The molecule has 1 fully saturated rings. The molecule has 0 unspecified atom stereocenters. The predicted octanol–water partition coefficient (Wildman–Crippen LogP) is 3.00. The minimum atomic E-state index is -4.01. The summed E-state index contributed by atoms with van der Waals surface area (Å²) in [5.41, 5.74) is 1.21. The number of amides is 1. The predicted molar refractivity (Wildman–Crippen MR) is 108 cm³/mol. The van der Waals surface area contributed by atoms with Crippen LogP contribution in [0.2, 0.25) is 0 Å². The largest absolute Gasteiger partial charge is 0.451 e. The molecule has 0 radical (unpaired) electrons. The second-order valence-electron chi connectivity index (χ2n) is 7.11. The van der Waals surface area contributed by atoms with Crippen LogP contribution in [0.4, 0.5) is 8.78 Å². The van der Waals surface area contributed by atoms with E-state index >= 15 is 0 Å². The number of benzene rings is 2. The molecular weight excluding hydrogens is 430 g/mol. The van der Waals surface area contributed by atoms with E-state index in [1.165, 1.54) is 12.0 Å². The van der Waals surface area contributed by atoms with Crippen LogP contribution in [0.3, 0.4) is 0 Å². The lowest BCUT2D eigenvalue weighted by molar-refractivity contribution is 0.0662. The van der Waals surface area contributed by atoms with Crippen LogP contribution in [0.5, 0.6) is 0 Å². The van der Waals surface area contributed by atoms with Gasteiger partial charge in [-0.2, -0.15) is 4.31 Å². The van der Waals surface area contributed by atoms with Gasteiger partial charge in [-0.1, -0.05) is 18.2 Å². The van der Waals surface area contributed by atoms with E-state index in [4.69, 9.17) is 9.15 Å². The summed E-state index contributed by atoms with van der Waals surface area (Å²) in [5, 5.41) is 0.784.